The van der Waals surface area contributed by atoms with E-state index in [0.717, 1.165) is 0 Å². The maximum absolute atomic E-state index is 12.4. The number of benzene rings is 2. The summed E-state index contributed by atoms with van der Waals surface area (Å²) in [4.78, 5) is 61.1. The molecular formula is C23H22N2O6. The van der Waals surface area contributed by atoms with Gasteiger partial charge in [0.15, 0.2) is 11.9 Å². The molecule has 1 atom stereocenters. The first-order valence-electron chi connectivity index (χ1n) is 9.80. The van der Waals surface area contributed by atoms with E-state index in [9.17, 15) is 24.0 Å². The van der Waals surface area contributed by atoms with Crippen LogP contribution in [0.15, 0.2) is 48.5 Å². The van der Waals surface area contributed by atoms with Crippen molar-refractivity contribution in [2.24, 2.45) is 0 Å². The van der Waals surface area contributed by atoms with E-state index in [2.05, 4.69) is 5.32 Å². The number of carbonyl (C=O) groups excluding carboxylic acids is 5. The quantitative estimate of drug-likeness (QED) is 0.417. The molecular weight excluding hydrogens is 400 g/mol. The van der Waals surface area contributed by atoms with Crippen molar-refractivity contribution in [1.29, 1.82) is 0 Å². The van der Waals surface area contributed by atoms with Crippen molar-refractivity contribution in [1.82, 2.24) is 4.90 Å². The third kappa shape index (κ3) is 5.22. The molecule has 8 heteroatoms. The number of likely N-dealkylation sites (tertiary alicyclic amines) is 1. The number of imide groups is 1. The highest BCUT2D eigenvalue weighted by atomic mass is 16.5. The Hall–Kier alpha value is -3.81. The molecule has 0 aromatic heterocycles. The van der Waals surface area contributed by atoms with Gasteiger partial charge in [0, 0.05) is 18.4 Å². The van der Waals surface area contributed by atoms with E-state index in [0.29, 0.717) is 16.8 Å². The SMILES string of the molecule is CC(=O)c1ccccc1NC(=O)C(C)OC(=O)c1ccc(CN2C(=O)CCC2=O)cc1. The van der Waals surface area contributed by atoms with Crippen LogP contribution < -0.4 is 5.32 Å². The van der Waals surface area contributed by atoms with Gasteiger partial charge in [-0.1, -0.05) is 24.3 Å². The van der Waals surface area contributed by atoms with Gasteiger partial charge < -0.3 is 10.1 Å². The number of ether oxygens (including phenoxy) is 1. The minimum Gasteiger partial charge on any atom is -0.449 e. The summed E-state index contributed by atoms with van der Waals surface area (Å²) in [7, 11) is 0. The van der Waals surface area contributed by atoms with E-state index in [1.807, 2.05) is 0 Å². The molecule has 0 saturated carbocycles. The molecule has 1 fully saturated rings. The van der Waals surface area contributed by atoms with Crippen molar-refractivity contribution >= 4 is 35.2 Å². The Morgan fingerprint density at radius 1 is 1.00 bits per heavy atom. The average Bonchev–Trinajstić information content (AvgIpc) is 3.06. The molecule has 0 radical (unpaired) electrons. The van der Waals surface area contributed by atoms with Crippen molar-refractivity contribution in [3.05, 3.63) is 65.2 Å². The minimum absolute atomic E-state index is 0.154. The molecule has 0 aliphatic carbocycles. The molecule has 2 aromatic rings. The van der Waals surface area contributed by atoms with E-state index in [1.165, 1.54) is 30.9 Å². The van der Waals surface area contributed by atoms with Crippen molar-refractivity contribution < 1.29 is 28.7 Å². The van der Waals surface area contributed by atoms with Crippen LogP contribution in [0.2, 0.25) is 0 Å². The Morgan fingerprint density at radius 3 is 2.23 bits per heavy atom. The fourth-order valence-electron chi connectivity index (χ4n) is 3.14. The Morgan fingerprint density at radius 2 is 1.61 bits per heavy atom. The van der Waals surface area contributed by atoms with Crippen molar-refractivity contribution in [3.63, 3.8) is 0 Å². The molecule has 1 unspecified atom stereocenters. The summed E-state index contributed by atoms with van der Waals surface area (Å²) in [5.74, 6) is -1.87. The van der Waals surface area contributed by atoms with Crippen LogP contribution in [0.4, 0.5) is 5.69 Å². The lowest BCUT2D eigenvalue weighted by Gasteiger charge is -2.16. The van der Waals surface area contributed by atoms with Gasteiger partial charge in [-0.2, -0.15) is 0 Å². The summed E-state index contributed by atoms with van der Waals surface area (Å²) in [6.45, 7) is 2.98. The van der Waals surface area contributed by atoms with Crippen LogP contribution in [0.25, 0.3) is 0 Å². The van der Waals surface area contributed by atoms with E-state index in [-0.39, 0.29) is 42.5 Å². The van der Waals surface area contributed by atoms with Crippen LogP contribution in [0, 0.1) is 0 Å². The van der Waals surface area contributed by atoms with Gasteiger partial charge in [-0.15, -0.1) is 0 Å². The summed E-state index contributed by atoms with van der Waals surface area (Å²) in [6, 6.07) is 12.8. The molecule has 8 nitrogen and oxygen atoms in total. The van der Waals surface area contributed by atoms with Gasteiger partial charge in [0.25, 0.3) is 5.91 Å². The third-order valence-electron chi connectivity index (χ3n) is 4.90. The number of nitrogens with one attached hydrogen (secondary N) is 1. The first-order chi connectivity index (χ1) is 14.8. The highest BCUT2D eigenvalue weighted by Crippen LogP contribution is 2.18. The second kappa shape index (κ2) is 9.34. The van der Waals surface area contributed by atoms with Crippen molar-refractivity contribution in [3.8, 4) is 0 Å². The first-order valence-corrected chi connectivity index (χ1v) is 9.80. The van der Waals surface area contributed by atoms with Gasteiger partial charge in [-0.25, -0.2) is 4.79 Å². The predicted octanol–water partition coefficient (Wildman–Crippen LogP) is 2.72. The van der Waals surface area contributed by atoms with Gasteiger partial charge in [0.2, 0.25) is 11.8 Å². The van der Waals surface area contributed by atoms with Crippen LogP contribution in [0.5, 0.6) is 0 Å². The number of ketones is 1. The first kappa shape index (κ1) is 21.9. The number of anilines is 1. The molecule has 160 valence electrons. The number of carbonyl (C=O) groups is 5. The van der Waals surface area contributed by atoms with Crippen LogP contribution in [0.3, 0.4) is 0 Å². The zero-order valence-electron chi connectivity index (χ0n) is 17.2. The summed E-state index contributed by atoms with van der Waals surface area (Å²) in [5, 5.41) is 2.60. The molecule has 3 rings (SSSR count). The van der Waals surface area contributed by atoms with Crippen molar-refractivity contribution in [2.75, 3.05) is 5.32 Å². The highest BCUT2D eigenvalue weighted by molar-refractivity contribution is 6.05. The van der Waals surface area contributed by atoms with Crippen LogP contribution >= 0.6 is 0 Å². The maximum atomic E-state index is 12.4. The number of hydrogen-bond donors (Lipinski definition) is 1. The van der Waals surface area contributed by atoms with E-state index >= 15 is 0 Å². The molecule has 1 N–H and O–H groups in total. The number of Topliss-reactive ketones (excluding diaryl/α,β-unsaturated/α-hetero) is 1. The summed E-state index contributed by atoms with van der Waals surface area (Å²) >= 11 is 0. The predicted molar refractivity (Wildman–Crippen MR) is 111 cm³/mol. The summed E-state index contributed by atoms with van der Waals surface area (Å²) in [5.41, 5.74) is 1.64. The van der Waals surface area contributed by atoms with Gasteiger partial charge in [-0.3, -0.25) is 24.1 Å². The number of rotatable bonds is 7. The summed E-state index contributed by atoms with van der Waals surface area (Å²) in [6.07, 6.45) is -0.646. The fourth-order valence-corrected chi connectivity index (χ4v) is 3.14. The van der Waals surface area contributed by atoms with Crippen LogP contribution in [-0.4, -0.2) is 40.5 Å². The summed E-state index contributed by atoms with van der Waals surface area (Å²) < 4.78 is 5.22. The lowest BCUT2D eigenvalue weighted by atomic mass is 10.1. The number of esters is 1. The smallest absolute Gasteiger partial charge is 0.338 e. The lowest BCUT2D eigenvalue weighted by Crippen LogP contribution is -2.30. The topological polar surface area (TPSA) is 110 Å². The number of amides is 3. The molecule has 1 heterocycles. The van der Waals surface area contributed by atoms with Gasteiger partial charge in [0.1, 0.15) is 0 Å². The van der Waals surface area contributed by atoms with E-state index in [4.69, 9.17) is 4.74 Å². The monoisotopic (exact) mass is 422 g/mol. The fraction of sp³-hybridized carbons (Fsp3) is 0.261. The zero-order valence-corrected chi connectivity index (χ0v) is 17.2. The second-order valence-corrected chi connectivity index (χ2v) is 7.21. The molecule has 2 aromatic carbocycles. The molecule has 0 spiro atoms. The molecule has 3 amide bonds. The molecule has 1 saturated heterocycles. The molecule has 1 aliphatic heterocycles. The lowest BCUT2D eigenvalue weighted by molar-refractivity contribution is -0.139. The average molecular weight is 422 g/mol. The molecule has 1 aliphatic rings. The zero-order chi connectivity index (χ0) is 22.5. The number of nitrogens with zero attached hydrogens (tertiary/aromatic N) is 1. The van der Waals surface area contributed by atoms with Gasteiger partial charge in [-0.05, 0) is 43.7 Å². The Labute approximate surface area is 179 Å². The number of hydrogen-bond acceptors (Lipinski definition) is 6. The normalized spacial score (nSPS) is 14.3. The Balaban J connectivity index is 1.59. The number of para-hydroxylation sites is 1. The Kier molecular flexibility index (Phi) is 6.59. The standard InChI is InChI=1S/C23H22N2O6/c1-14(26)18-5-3-4-6-19(18)24-22(29)15(2)31-23(30)17-9-7-16(8-10-17)13-25-20(27)11-12-21(25)28/h3-10,15H,11-13H2,1-2H3,(H,24,29). The second-order valence-electron chi connectivity index (χ2n) is 7.21. The molecule has 31 heavy (non-hydrogen) atoms. The third-order valence-corrected chi connectivity index (χ3v) is 4.90. The van der Waals surface area contributed by atoms with Gasteiger partial charge >= 0.3 is 5.97 Å². The van der Waals surface area contributed by atoms with Crippen LogP contribution in [0.1, 0.15) is 53.0 Å². The van der Waals surface area contributed by atoms with E-state index in [1.54, 1.807) is 36.4 Å². The largest absolute Gasteiger partial charge is 0.449 e. The van der Waals surface area contributed by atoms with E-state index < -0.39 is 18.0 Å². The van der Waals surface area contributed by atoms with Crippen molar-refractivity contribution in [2.45, 2.75) is 39.3 Å². The minimum atomic E-state index is -1.09. The Bertz CT molecular complexity index is 1030. The maximum Gasteiger partial charge on any atom is 0.338 e. The van der Waals surface area contributed by atoms with Gasteiger partial charge in [0.05, 0.1) is 17.8 Å². The molecule has 0 bridgehead atoms. The highest BCUT2D eigenvalue weighted by Gasteiger charge is 2.28. The van der Waals surface area contributed by atoms with Crippen LogP contribution in [-0.2, 0) is 25.7 Å².